The first-order valence-electron chi connectivity index (χ1n) is 5.27. The van der Waals surface area contributed by atoms with Crippen LogP contribution in [-0.2, 0) is 7.05 Å². The van der Waals surface area contributed by atoms with E-state index in [0.717, 1.165) is 21.7 Å². The minimum atomic E-state index is -0.00132. The molecule has 1 N–H and O–H groups in total. The zero-order valence-electron chi connectivity index (χ0n) is 9.98. The highest BCUT2D eigenvalue weighted by atomic mass is 79.9. The first-order valence-corrected chi connectivity index (χ1v) is 6.07. The largest absolute Gasteiger partial charge is 0.307 e. The van der Waals surface area contributed by atoms with Crippen LogP contribution in [0.3, 0.4) is 0 Å². The van der Waals surface area contributed by atoms with Gasteiger partial charge in [0.1, 0.15) is 5.82 Å². The summed E-state index contributed by atoms with van der Waals surface area (Å²) in [5.74, 6) is 0.765. The van der Waals surface area contributed by atoms with Crippen molar-refractivity contribution in [3.8, 4) is 0 Å². The van der Waals surface area contributed by atoms with Crippen molar-refractivity contribution < 1.29 is 0 Å². The summed E-state index contributed by atoms with van der Waals surface area (Å²) < 4.78 is 2.80. The second-order valence-corrected chi connectivity index (χ2v) is 4.61. The Morgan fingerprint density at radius 2 is 2.24 bits per heavy atom. The minimum Gasteiger partial charge on any atom is -0.307 e. The molecule has 0 aliphatic carbocycles. The maximum absolute atomic E-state index is 4.45. The van der Waals surface area contributed by atoms with Crippen LogP contribution in [0.25, 0.3) is 0 Å². The van der Waals surface area contributed by atoms with Crippen molar-refractivity contribution >= 4 is 15.9 Å². The summed E-state index contributed by atoms with van der Waals surface area (Å²) >= 11 is 3.51. The van der Waals surface area contributed by atoms with Gasteiger partial charge in [-0.05, 0) is 36.0 Å². The molecule has 6 heteroatoms. The zero-order chi connectivity index (χ0) is 12.4. The van der Waals surface area contributed by atoms with E-state index >= 15 is 0 Å². The third-order valence-corrected chi connectivity index (χ3v) is 3.20. The third-order valence-electron chi connectivity index (χ3n) is 2.59. The number of hydrogen-bond donors (Lipinski definition) is 1. The van der Waals surface area contributed by atoms with E-state index < -0.39 is 0 Å². The Balaban J connectivity index is 2.47. The Labute approximate surface area is 108 Å². The monoisotopic (exact) mass is 295 g/mol. The van der Waals surface area contributed by atoms with Crippen molar-refractivity contribution in [2.45, 2.75) is 13.0 Å². The predicted molar refractivity (Wildman–Crippen MR) is 68.6 cm³/mol. The van der Waals surface area contributed by atoms with E-state index in [1.165, 1.54) is 0 Å². The first kappa shape index (κ1) is 12.2. The van der Waals surface area contributed by atoms with Gasteiger partial charge in [0.25, 0.3) is 0 Å². The number of nitrogens with one attached hydrogen (secondary N) is 1. The smallest absolute Gasteiger partial charge is 0.125 e. The highest BCUT2D eigenvalue weighted by Crippen LogP contribution is 2.26. The van der Waals surface area contributed by atoms with Crippen LogP contribution < -0.4 is 5.32 Å². The van der Waals surface area contributed by atoms with Crippen molar-refractivity contribution in [3.05, 3.63) is 40.1 Å². The van der Waals surface area contributed by atoms with E-state index in [9.17, 15) is 0 Å². The van der Waals surface area contributed by atoms with Gasteiger partial charge in [-0.2, -0.15) is 5.10 Å². The lowest BCUT2D eigenvalue weighted by Gasteiger charge is -2.16. The Morgan fingerprint density at radius 3 is 2.76 bits per heavy atom. The maximum Gasteiger partial charge on any atom is 0.125 e. The molecule has 90 valence electrons. The normalized spacial score (nSPS) is 12.7. The number of aromatic nitrogens is 4. The highest BCUT2D eigenvalue weighted by Gasteiger charge is 2.20. The Kier molecular flexibility index (Phi) is 3.54. The van der Waals surface area contributed by atoms with E-state index in [-0.39, 0.29) is 6.04 Å². The minimum absolute atomic E-state index is 0.00132. The summed E-state index contributed by atoms with van der Waals surface area (Å²) in [6, 6.07) is 1.91. The Morgan fingerprint density at radius 1 is 1.47 bits per heavy atom. The number of nitrogens with zero attached hydrogens (tertiary/aromatic N) is 4. The van der Waals surface area contributed by atoms with Crippen LogP contribution >= 0.6 is 15.9 Å². The quantitative estimate of drug-likeness (QED) is 0.934. The molecular formula is C11H14BrN5. The van der Waals surface area contributed by atoms with Crippen LogP contribution in [0.1, 0.15) is 23.3 Å². The maximum atomic E-state index is 4.45. The fourth-order valence-corrected chi connectivity index (χ4v) is 2.38. The molecule has 0 aliphatic heterocycles. The van der Waals surface area contributed by atoms with E-state index in [1.807, 2.05) is 31.8 Å². The molecule has 0 saturated heterocycles. The van der Waals surface area contributed by atoms with Crippen LogP contribution in [0.4, 0.5) is 0 Å². The van der Waals surface area contributed by atoms with Gasteiger partial charge in [-0.15, -0.1) is 0 Å². The molecule has 0 aliphatic rings. The van der Waals surface area contributed by atoms with Gasteiger partial charge in [0, 0.05) is 13.2 Å². The predicted octanol–water partition coefficient (Wildman–Crippen LogP) is 1.59. The molecule has 17 heavy (non-hydrogen) atoms. The van der Waals surface area contributed by atoms with Crippen LogP contribution in [0.5, 0.6) is 0 Å². The SMILES string of the molecule is CNC(c1ccnc(C)n1)c1c(Br)cnn1C. The summed E-state index contributed by atoms with van der Waals surface area (Å²) in [5, 5.41) is 7.47. The van der Waals surface area contributed by atoms with Gasteiger partial charge in [-0.1, -0.05) is 0 Å². The van der Waals surface area contributed by atoms with Crippen molar-refractivity contribution in [1.29, 1.82) is 0 Å². The van der Waals surface area contributed by atoms with Crippen molar-refractivity contribution in [2.75, 3.05) is 7.05 Å². The molecule has 2 aromatic heterocycles. The molecular weight excluding hydrogens is 282 g/mol. The number of aryl methyl sites for hydroxylation is 2. The summed E-state index contributed by atoms with van der Waals surface area (Å²) in [4.78, 5) is 8.56. The van der Waals surface area contributed by atoms with Crippen LogP contribution in [-0.4, -0.2) is 26.8 Å². The van der Waals surface area contributed by atoms with E-state index in [0.29, 0.717) is 0 Å². The second-order valence-electron chi connectivity index (χ2n) is 3.75. The Hall–Kier alpha value is -1.27. The highest BCUT2D eigenvalue weighted by molar-refractivity contribution is 9.10. The fraction of sp³-hybridized carbons (Fsp3) is 0.364. The van der Waals surface area contributed by atoms with Gasteiger partial charge in [0.15, 0.2) is 0 Å². The zero-order valence-corrected chi connectivity index (χ0v) is 11.6. The van der Waals surface area contributed by atoms with E-state index in [4.69, 9.17) is 0 Å². The number of hydrogen-bond acceptors (Lipinski definition) is 4. The molecule has 0 aromatic carbocycles. The third kappa shape index (κ3) is 2.37. The summed E-state index contributed by atoms with van der Waals surface area (Å²) in [7, 11) is 3.82. The molecule has 0 saturated carbocycles. The summed E-state index contributed by atoms with van der Waals surface area (Å²) in [6.45, 7) is 1.88. The molecule has 2 rings (SSSR count). The average molecular weight is 296 g/mol. The van der Waals surface area contributed by atoms with Crippen LogP contribution in [0.15, 0.2) is 22.9 Å². The molecule has 0 spiro atoms. The topological polar surface area (TPSA) is 55.6 Å². The average Bonchev–Trinajstić information content (AvgIpc) is 2.62. The van der Waals surface area contributed by atoms with Gasteiger partial charge in [0.2, 0.25) is 0 Å². The first-order chi connectivity index (χ1) is 8.13. The van der Waals surface area contributed by atoms with Gasteiger partial charge in [-0.25, -0.2) is 9.97 Å². The van der Waals surface area contributed by atoms with Crippen LogP contribution in [0, 0.1) is 6.92 Å². The van der Waals surface area contributed by atoms with Crippen LogP contribution in [0.2, 0.25) is 0 Å². The molecule has 0 fully saturated rings. The van der Waals surface area contributed by atoms with Crippen molar-refractivity contribution in [3.63, 3.8) is 0 Å². The molecule has 0 bridgehead atoms. The standard InChI is InChI=1S/C11H14BrN5/c1-7-14-5-4-9(16-7)10(13-2)11-8(12)6-15-17(11)3/h4-6,10,13H,1-3H3. The molecule has 1 atom stereocenters. The van der Waals surface area contributed by atoms with Gasteiger partial charge >= 0.3 is 0 Å². The fourth-order valence-electron chi connectivity index (χ4n) is 1.80. The van der Waals surface area contributed by atoms with E-state index in [2.05, 4.69) is 36.3 Å². The molecule has 0 radical (unpaired) electrons. The van der Waals surface area contributed by atoms with Crippen molar-refractivity contribution in [2.24, 2.45) is 7.05 Å². The molecule has 2 aromatic rings. The summed E-state index contributed by atoms with van der Waals surface area (Å²) in [5.41, 5.74) is 1.98. The second kappa shape index (κ2) is 4.93. The summed E-state index contributed by atoms with van der Waals surface area (Å²) in [6.07, 6.45) is 3.56. The molecule has 2 heterocycles. The lowest BCUT2D eigenvalue weighted by molar-refractivity contribution is 0.589. The lowest BCUT2D eigenvalue weighted by atomic mass is 10.1. The van der Waals surface area contributed by atoms with Gasteiger partial charge < -0.3 is 5.32 Å². The lowest BCUT2D eigenvalue weighted by Crippen LogP contribution is -2.22. The molecule has 1 unspecified atom stereocenters. The molecule has 0 amide bonds. The Bertz CT molecular complexity index is 503. The number of halogens is 1. The van der Waals surface area contributed by atoms with Gasteiger partial charge in [0.05, 0.1) is 28.1 Å². The van der Waals surface area contributed by atoms with E-state index in [1.54, 1.807) is 12.4 Å². The van der Waals surface area contributed by atoms with Crippen molar-refractivity contribution in [1.82, 2.24) is 25.1 Å². The number of rotatable bonds is 3. The molecule has 5 nitrogen and oxygen atoms in total. The van der Waals surface area contributed by atoms with Gasteiger partial charge in [-0.3, -0.25) is 4.68 Å².